The molecule has 0 amide bonds. The van der Waals surface area contributed by atoms with Gasteiger partial charge in [0.25, 0.3) is 0 Å². The Morgan fingerprint density at radius 3 is 2.42 bits per heavy atom. The number of rotatable bonds is 6. The van der Waals surface area contributed by atoms with E-state index in [0.717, 1.165) is 29.4 Å². The molecule has 0 unspecified atom stereocenters. The van der Waals surface area contributed by atoms with E-state index in [1.54, 1.807) is 19.5 Å². The van der Waals surface area contributed by atoms with Crippen molar-refractivity contribution in [1.29, 1.82) is 0 Å². The van der Waals surface area contributed by atoms with Gasteiger partial charge in [-0.2, -0.15) is 0 Å². The van der Waals surface area contributed by atoms with Crippen LogP contribution in [0.15, 0.2) is 60.9 Å². The Hall–Kier alpha value is -2.88. The van der Waals surface area contributed by atoms with E-state index in [9.17, 15) is 0 Å². The van der Waals surface area contributed by atoms with Gasteiger partial charge in [-0.25, -0.2) is 4.98 Å². The first-order valence-electron chi connectivity index (χ1n) is 8.84. The first-order chi connectivity index (χ1) is 12.6. The second kappa shape index (κ2) is 8.00. The van der Waals surface area contributed by atoms with Crippen LogP contribution in [0, 0.1) is 0 Å². The number of ether oxygens (including phenoxy) is 1. The van der Waals surface area contributed by atoms with Gasteiger partial charge in [-0.05, 0) is 29.2 Å². The Labute approximate surface area is 155 Å². The molecule has 0 aliphatic carbocycles. The topological polar surface area (TPSA) is 38.3 Å². The van der Waals surface area contributed by atoms with Crippen LogP contribution in [0.25, 0.3) is 11.3 Å². The molecule has 134 valence electrons. The van der Waals surface area contributed by atoms with Crippen LogP contribution < -0.4 is 9.64 Å². The van der Waals surface area contributed by atoms with Crippen molar-refractivity contribution in [2.45, 2.75) is 26.3 Å². The predicted octanol–water partition coefficient (Wildman–Crippen LogP) is 4.91. The molecule has 26 heavy (non-hydrogen) atoms. The molecule has 0 bridgehead atoms. The normalized spacial score (nSPS) is 10.8. The Morgan fingerprint density at radius 2 is 1.73 bits per heavy atom. The van der Waals surface area contributed by atoms with E-state index in [-0.39, 0.29) is 0 Å². The minimum absolute atomic E-state index is 0.432. The maximum Gasteiger partial charge on any atom is 0.155 e. The van der Waals surface area contributed by atoms with E-state index in [4.69, 9.17) is 4.74 Å². The third-order valence-electron chi connectivity index (χ3n) is 4.45. The van der Waals surface area contributed by atoms with Gasteiger partial charge in [-0.1, -0.05) is 50.2 Å². The molecule has 0 atom stereocenters. The van der Waals surface area contributed by atoms with Crippen molar-refractivity contribution in [1.82, 2.24) is 9.97 Å². The van der Waals surface area contributed by atoms with Gasteiger partial charge in [0, 0.05) is 31.5 Å². The smallest absolute Gasteiger partial charge is 0.155 e. The fraction of sp³-hybridized carbons (Fsp3) is 0.273. The lowest BCUT2D eigenvalue weighted by Gasteiger charge is -2.22. The maximum atomic E-state index is 5.60. The zero-order valence-electron chi connectivity index (χ0n) is 15.8. The Balaban J connectivity index is 2.03. The summed E-state index contributed by atoms with van der Waals surface area (Å²) in [6.07, 6.45) is 3.47. The highest BCUT2D eigenvalue weighted by Crippen LogP contribution is 2.36. The van der Waals surface area contributed by atoms with Crippen molar-refractivity contribution >= 4 is 5.82 Å². The minimum Gasteiger partial charge on any atom is -0.496 e. The highest BCUT2D eigenvalue weighted by atomic mass is 16.5. The van der Waals surface area contributed by atoms with E-state index in [0.29, 0.717) is 5.92 Å². The van der Waals surface area contributed by atoms with E-state index in [2.05, 4.69) is 65.1 Å². The average molecular weight is 347 g/mol. The molecule has 4 nitrogen and oxygen atoms in total. The van der Waals surface area contributed by atoms with E-state index in [1.807, 2.05) is 19.2 Å². The summed E-state index contributed by atoms with van der Waals surface area (Å²) in [6, 6.07) is 16.6. The first kappa shape index (κ1) is 17.9. The predicted molar refractivity (Wildman–Crippen MR) is 107 cm³/mol. The van der Waals surface area contributed by atoms with Crippen LogP contribution in [0.5, 0.6) is 5.75 Å². The number of anilines is 1. The molecule has 3 rings (SSSR count). The monoisotopic (exact) mass is 347 g/mol. The molecule has 4 heteroatoms. The van der Waals surface area contributed by atoms with Crippen molar-refractivity contribution in [2.24, 2.45) is 0 Å². The number of methoxy groups -OCH3 is 1. The molecule has 0 aliphatic rings. The number of aromatic nitrogens is 2. The molecule has 1 heterocycles. The Morgan fingerprint density at radius 1 is 1.00 bits per heavy atom. The van der Waals surface area contributed by atoms with Crippen LogP contribution in [-0.2, 0) is 6.54 Å². The molecule has 0 spiro atoms. The lowest BCUT2D eigenvalue weighted by atomic mass is 9.98. The molecule has 0 radical (unpaired) electrons. The third kappa shape index (κ3) is 3.85. The molecule has 3 aromatic rings. The van der Waals surface area contributed by atoms with Crippen molar-refractivity contribution < 1.29 is 4.74 Å². The summed E-state index contributed by atoms with van der Waals surface area (Å²) in [4.78, 5) is 11.4. The zero-order chi connectivity index (χ0) is 18.5. The van der Waals surface area contributed by atoms with Crippen molar-refractivity contribution in [3.63, 3.8) is 0 Å². The molecule has 1 aromatic heterocycles. The van der Waals surface area contributed by atoms with Crippen LogP contribution in [0.2, 0.25) is 0 Å². The maximum absolute atomic E-state index is 5.60. The Bertz CT molecular complexity index is 862. The summed E-state index contributed by atoms with van der Waals surface area (Å²) >= 11 is 0. The van der Waals surface area contributed by atoms with Gasteiger partial charge in [0.05, 0.1) is 7.11 Å². The summed E-state index contributed by atoms with van der Waals surface area (Å²) in [6.45, 7) is 5.13. The van der Waals surface area contributed by atoms with Crippen LogP contribution in [0.4, 0.5) is 5.82 Å². The number of benzene rings is 2. The van der Waals surface area contributed by atoms with E-state index >= 15 is 0 Å². The van der Waals surface area contributed by atoms with Crippen molar-refractivity contribution in [3.8, 4) is 17.0 Å². The van der Waals surface area contributed by atoms with E-state index in [1.165, 1.54) is 11.1 Å². The van der Waals surface area contributed by atoms with Crippen LogP contribution in [0.3, 0.4) is 0 Å². The van der Waals surface area contributed by atoms with Crippen molar-refractivity contribution in [2.75, 3.05) is 19.1 Å². The first-order valence-corrected chi connectivity index (χ1v) is 8.84. The summed E-state index contributed by atoms with van der Waals surface area (Å²) in [5.74, 6) is 2.08. The van der Waals surface area contributed by atoms with Gasteiger partial charge >= 0.3 is 0 Å². The highest BCUT2D eigenvalue weighted by Gasteiger charge is 2.17. The molecule has 2 aromatic carbocycles. The second-order valence-corrected chi connectivity index (χ2v) is 6.68. The van der Waals surface area contributed by atoms with Gasteiger partial charge in [0.15, 0.2) is 5.82 Å². The number of hydrogen-bond acceptors (Lipinski definition) is 4. The molecule has 0 fully saturated rings. The fourth-order valence-electron chi connectivity index (χ4n) is 3.00. The largest absolute Gasteiger partial charge is 0.496 e. The lowest BCUT2D eigenvalue weighted by molar-refractivity contribution is 0.416. The lowest BCUT2D eigenvalue weighted by Crippen LogP contribution is -2.19. The summed E-state index contributed by atoms with van der Waals surface area (Å²) in [5, 5.41) is 0. The molecule has 0 aliphatic heterocycles. The van der Waals surface area contributed by atoms with E-state index < -0.39 is 0 Å². The summed E-state index contributed by atoms with van der Waals surface area (Å²) in [7, 11) is 3.73. The van der Waals surface area contributed by atoms with Gasteiger partial charge in [0.2, 0.25) is 0 Å². The third-order valence-corrected chi connectivity index (χ3v) is 4.45. The molecular weight excluding hydrogens is 322 g/mol. The summed E-state index contributed by atoms with van der Waals surface area (Å²) in [5.41, 5.74) is 4.30. The number of hydrogen-bond donors (Lipinski definition) is 0. The van der Waals surface area contributed by atoms with Crippen molar-refractivity contribution in [3.05, 3.63) is 72.1 Å². The minimum atomic E-state index is 0.432. The zero-order valence-corrected chi connectivity index (χ0v) is 15.8. The van der Waals surface area contributed by atoms with Crippen LogP contribution in [-0.4, -0.2) is 24.1 Å². The summed E-state index contributed by atoms with van der Waals surface area (Å²) < 4.78 is 5.60. The fourth-order valence-corrected chi connectivity index (χ4v) is 3.00. The SMILES string of the molecule is COc1ccc(C(C)C)cc1-c1nccnc1N(C)Cc1ccccc1. The quantitative estimate of drug-likeness (QED) is 0.635. The molecule has 0 N–H and O–H groups in total. The number of nitrogens with zero attached hydrogens (tertiary/aromatic N) is 3. The standard InChI is InChI=1S/C22H25N3O/c1-16(2)18-10-11-20(26-4)19(14-18)21-22(24-13-12-23-21)25(3)15-17-8-6-5-7-9-17/h5-14,16H,15H2,1-4H3. The van der Waals surface area contributed by atoms with Gasteiger partial charge in [-0.3, -0.25) is 4.98 Å². The average Bonchev–Trinajstić information content (AvgIpc) is 2.68. The molecular formula is C22H25N3O. The highest BCUT2D eigenvalue weighted by molar-refractivity contribution is 5.77. The van der Waals surface area contributed by atoms with Gasteiger partial charge in [0.1, 0.15) is 11.4 Å². The van der Waals surface area contributed by atoms with Gasteiger partial charge < -0.3 is 9.64 Å². The Kier molecular flexibility index (Phi) is 5.52. The van der Waals surface area contributed by atoms with Crippen LogP contribution in [0.1, 0.15) is 30.9 Å². The van der Waals surface area contributed by atoms with Gasteiger partial charge in [-0.15, -0.1) is 0 Å². The second-order valence-electron chi connectivity index (χ2n) is 6.68. The molecule has 0 saturated carbocycles. The van der Waals surface area contributed by atoms with Crippen LogP contribution >= 0.6 is 0 Å². The molecule has 0 saturated heterocycles.